The average molecular weight is 408 g/mol. The number of hydrogen-bond acceptors (Lipinski definition) is 5. The van der Waals surface area contributed by atoms with Crippen LogP contribution in [0.15, 0.2) is 36.4 Å². The van der Waals surface area contributed by atoms with Crippen molar-refractivity contribution in [3.05, 3.63) is 64.2 Å². The van der Waals surface area contributed by atoms with Gasteiger partial charge in [0.2, 0.25) is 0 Å². The van der Waals surface area contributed by atoms with E-state index in [9.17, 15) is 19.2 Å². The van der Waals surface area contributed by atoms with Crippen LogP contribution in [0.5, 0.6) is 0 Å². The number of esters is 1. The Bertz CT molecular complexity index is 1040. The third kappa shape index (κ3) is 4.10. The van der Waals surface area contributed by atoms with Crippen molar-refractivity contribution in [2.45, 2.75) is 27.2 Å². The first-order valence-corrected chi connectivity index (χ1v) is 9.73. The molecule has 2 aromatic carbocycles. The number of ether oxygens (including phenoxy) is 1. The van der Waals surface area contributed by atoms with Crippen LogP contribution in [-0.2, 0) is 4.74 Å². The Morgan fingerprint density at radius 3 is 2.33 bits per heavy atom. The van der Waals surface area contributed by atoms with Crippen molar-refractivity contribution in [1.29, 1.82) is 0 Å². The lowest BCUT2D eigenvalue weighted by Gasteiger charge is -2.14. The second kappa shape index (κ2) is 8.49. The van der Waals surface area contributed by atoms with E-state index in [4.69, 9.17) is 4.74 Å². The summed E-state index contributed by atoms with van der Waals surface area (Å²) in [6, 6.07) is 9.33. The highest BCUT2D eigenvalue weighted by Crippen LogP contribution is 2.26. The summed E-state index contributed by atoms with van der Waals surface area (Å²) < 4.78 is 4.71. The summed E-state index contributed by atoms with van der Waals surface area (Å²) in [7, 11) is 1.29. The van der Waals surface area contributed by atoms with Crippen LogP contribution in [0, 0.1) is 12.8 Å². The zero-order valence-electron chi connectivity index (χ0n) is 17.4. The molecule has 3 amide bonds. The predicted octanol–water partition coefficient (Wildman–Crippen LogP) is 3.68. The topological polar surface area (TPSA) is 92.8 Å². The molecule has 1 aliphatic rings. The van der Waals surface area contributed by atoms with Crippen molar-refractivity contribution in [2.75, 3.05) is 19.0 Å². The number of rotatable bonds is 6. The number of benzene rings is 2. The van der Waals surface area contributed by atoms with E-state index in [1.807, 2.05) is 13.8 Å². The maximum Gasteiger partial charge on any atom is 0.337 e. The number of nitrogens with zero attached hydrogens (tertiary/aromatic N) is 1. The van der Waals surface area contributed by atoms with Gasteiger partial charge >= 0.3 is 5.97 Å². The Hall–Kier alpha value is -3.48. The van der Waals surface area contributed by atoms with Crippen molar-refractivity contribution in [2.24, 2.45) is 5.92 Å². The van der Waals surface area contributed by atoms with Gasteiger partial charge in [-0.15, -0.1) is 0 Å². The van der Waals surface area contributed by atoms with Gasteiger partial charge in [-0.25, -0.2) is 4.79 Å². The normalized spacial score (nSPS) is 12.9. The number of nitrogens with one attached hydrogen (secondary N) is 1. The van der Waals surface area contributed by atoms with E-state index in [2.05, 4.69) is 5.32 Å². The van der Waals surface area contributed by atoms with Gasteiger partial charge in [0.05, 0.1) is 23.8 Å². The van der Waals surface area contributed by atoms with Gasteiger partial charge in [0.1, 0.15) is 0 Å². The SMILES string of the molecule is COC(=O)c1ccc(C)c(NC(=O)c2ccc3c(c2)C(=O)N(CCC(C)C)C3=O)c1. The van der Waals surface area contributed by atoms with Crippen LogP contribution >= 0.6 is 0 Å². The number of fused-ring (bicyclic) bond motifs is 1. The van der Waals surface area contributed by atoms with Crippen LogP contribution in [-0.4, -0.2) is 42.2 Å². The smallest absolute Gasteiger partial charge is 0.337 e. The molecule has 0 bridgehead atoms. The van der Waals surface area contributed by atoms with Gasteiger partial charge in [0.25, 0.3) is 17.7 Å². The summed E-state index contributed by atoms with van der Waals surface area (Å²) in [4.78, 5) is 51.0. The molecule has 0 atom stereocenters. The van der Waals surface area contributed by atoms with Gasteiger partial charge < -0.3 is 10.1 Å². The lowest BCUT2D eigenvalue weighted by Crippen LogP contribution is -2.31. The molecule has 1 heterocycles. The van der Waals surface area contributed by atoms with Gasteiger partial charge in [-0.2, -0.15) is 0 Å². The number of aryl methyl sites for hydroxylation is 1. The van der Waals surface area contributed by atoms with Gasteiger partial charge in [0, 0.05) is 17.8 Å². The molecule has 0 radical (unpaired) electrons. The fourth-order valence-corrected chi connectivity index (χ4v) is 3.22. The molecule has 0 aliphatic carbocycles. The number of imide groups is 1. The molecule has 1 N–H and O–H groups in total. The van der Waals surface area contributed by atoms with E-state index in [-0.39, 0.29) is 22.9 Å². The highest BCUT2D eigenvalue weighted by Gasteiger charge is 2.35. The largest absolute Gasteiger partial charge is 0.465 e. The van der Waals surface area contributed by atoms with E-state index in [1.54, 1.807) is 19.1 Å². The minimum absolute atomic E-state index is 0.233. The summed E-state index contributed by atoms with van der Waals surface area (Å²) >= 11 is 0. The standard InChI is InChI=1S/C23H24N2O5/c1-13(2)9-10-25-21(27)17-8-7-15(11-18(17)22(25)28)20(26)24-19-12-16(23(29)30-4)6-5-14(19)3/h5-8,11-13H,9-10H2,1-4H3,(H,24,26). The first-order valence-electron chi connectivity index (χ1n) is 9.73. The molecule has 7 nitrogen and oxygen atoms in total. The van der Waals surface area contributed by atoms with Crippen LogP contribution in [0.1, 0.15) is 67.3 Å². The van der Waals surface area contributed by atoms with Gasteiger partial charge in [-0.05, 0) is 55.2 Å². The Labute approximate surface area is 175 Å². The van der Waals surface area contributed by atoms with Crippen LogP contribution in [0.4, 0.5) is 5.69 Å². The Kier molecular flexibility index (Phi) is 6.01. The van der Waals surface area contributed by atoms with Crippen LogP contribution in [0.3, 0.4) is 0 Å². The Morgan fingerprint density at radius 1 is 1.00 bits per heavy atom. The molecule has 0 spiro atoms. The molecule has 0 aromatic heterocycles. The van der Waals surface area contributed by atoms with E-state index in [0.29, 0.717) is 35.7 Å². The number of carbonyl (C=O) groups is 4. The predicted molar refractivity (Wildman–Crippen MR) is 112 cm³/mol. The zero-order valence-corrected chi connectivity index (χ0v) is 17.4. The van der Waals surface area contributed by atoms with Crippen molar-refractivity contribution < 1.29 is 23.9 Å². The number of anilines is 1. The first kappa shape index (κ1) is 21.2. The fraction of sp³-hybridized carbons (Fsp3) is 0.304. The highest BCUT2D eigenvalue weighted by atomic mass is 16.5. The van der Waals surface area contributed by atoms with E-state index >= 15 is 0 Å². The molecule has 1 aliphatic heterocycles. The third-order valence-electron chi connectivity index (χ3n) is 5.07. The summed E-state index contributed by atoms with van der Waals surface area (Å²) in [6.07, 6.45) is 0.717. The molecule has 2 aromatic rings. The van der Waals surface area contributed by atoms with Crippen molar-refractivity contribution in [1.82, 2.24) is 4.90 Å². The maximum absolute atomic E-state index is 12.8. The van der Waals surface area contributed by atoms with E-state index in [1.165, 1.54) is 36.3 Å². The monoisotopic (exact) mass is 408 g/mol. The first-order chi connectivity index (χ1) is 14.2. The summed E-state index contributed by atoms with van der Waals surface area (Å²) in [6.45, 7) is 6.20. The fourth-order valence-electron chi connectivity index (χ4n) is 3.22. The van der Waals surface area contributed by atoms with Gasteiger partial charge in [0.15, 0.2) is 0 Å². The molecule has 3 rings (SSSR count). The van der Waals surface area contributed by atoms with Gasteiger partial charge in [-0.1, -0.05) is 19.9 Å². The molecule has 0 unspecified atom stereocenters. The van der Waals surface area contributed by atoms with E-state index < -0.39 is 11.9 Å². The third-order valence-corrected chi connectivity index (χ3v) is 5.07. The van der Waals surface area contributed by atoms with Crippen molar-refractivity contribution in [3.8, 4) is 0 Å². The molecule has 156 valence electrons. The lowest BCUT2D eigenvalue weighted by atomic mass is 10.0. The Morgan fingerprint density at radius 2 is 1.67 bits per heavy atom. The molecular formula is C23H24N2O5. The molecular weight excluding hydrogens is 384 g/mol. The molecule has 0 saturated carbocycles. The van der Waals surface area contributed by atoms with E-state index in [0.717, 1.165) is 5.56 Å². The number of amides is 3. The van der Waals surface area contributed by atoms with Crippen LogP contribution in [0.25, 0.3) is 0 Å². The molecule has 7 heteroatoms. The van der Waals surface area contributed by atoms with Gasteiger partial charge in [-0.3, -0.25) is 19.3 Å². The number of carbonyl (C=O) groups excluding carboxylic acids is 4. The zero-order chi connectivity index (χ0) is 22.0. The average Bonchev–Trinajstić information content (AvgIpc) is 2.96. The van der Waals surface area contributed by atoms with Crippen LogP contribution in [0.2, 0.25) is 0 Å². The summed E-state index contributed by atoms with van der Waals surface area (Å²) in [5, 5.41) is 2.76. The quantitative estimate of drug-likeness (QED) is 0.581. The Balaban J connectivity index is 1.83. The lowest BCUT2D eigenvalue weighted by molar-refractivity contribution is 0.0598. The number of hydrogen-bond donors (Lipinski definition) is 1. The molecule has 30 heavy (non-hydrogen) atoms. The molecule has 0 fully saturated rings. The van der Waals surface area contributed by atoms with Crippen LogP contribution < -0.4 is 5.32 Å². The maximum atomic E-state index is 12.8. The summed E-state index contributed by atoms with van der Waals surface area (Å²) in [5.41, 5.74) is 2.34. The van der Waals surface area contributed by atoms with Crippen molar-refractivity contribution in [3.63, 3.8) is 0 Å². The minimum atomic E-state index is -0.506. The minimum Gasteiger partial charge on any atom is -0.465 e. The molecule has 0 saturated heterocycles. The second-order valence-electron chi connectivity index (χ2n) is 7.68. The summed E-state index contributed by atoms with van der Waals surface area (Å²) in [5.74, 6) is -1.30. The number of methoxy groups -OCH3 is 1. The van der Waals surface area contributed by atoms with Crippen molar-refractivity contribution >= 4 is 29.4 Å². The second-order valence-corrected chi connectivity index (χ2v) is 7.68. The highest BCUT2D eigenvalue weighted by molar-refractivity contribution is 6.22.